The van der Waals surface area contributed by atoms with Crippen molar-refractivity contribution >= 4 is 23.5 Å². The fourth-order valence-electron chi connectivity index (χ4n) is 1.95. The van der Waals surface area contributed by atoms with Gasteiger partial charge in [0, 0.05) is 18.6 Å². The van der Waals surface area contributed by atoms with Crippen LogP contribution in [-0.2, 0) is 20.8 Å². The molecule has 2 amide bonds. The van der Waals surface area contributed by atoms with Crippen LogP contribution < -0.4 is 4.90 Å². The molecule has 0 spiro atoms. The molecule has 0 aliphatic carbocycles. The Hall–Kier alpha value is -2.43. The zero-order valence-electron chi connectivity index (χ0n) is 10.2. The van der Waals surface area contributed by atoms with Crippen molar-refractivity contribution in [1.82, 2.24) is 0 Å². The van der Waals surface area contributed by atoms with Crippen molar-refractivity contribution in [2.45, 2.75) is 19.3 Å². The van der Waals surface area contributed by atoms with E-state index in [9.17, 15) is 14.4 Å². The summed E-state index contributed by atoms with van der Waals surface area (Å²) >= 11 is 0. The molecule has 2 rings (SSSR count). The average molecular weight is 259 g/mol. The molecule has 1 heterocycles. The van der Waals surface area contributed by atoms with Gasteiger partial charge in [0.2, 0.25) is 0 Å². The quantitative estimate of drug-likeness (QED) is 0.813. The summed E-state index contributed by atoms with van der Waals surface area (Å²) in [6.07, 6.45) is 3.70. The molecule has 0 bridgehead atoms. The monoisotopic (exact) mass is 259 g/mol. The van der Waals surface area contributed by atoms with E-state index in [1.807, 2.05) is 6.07 Å². The number of carbonyl (C=O) groups is 3. The van der Waals surface area contributed by atoms with E-state index in [1.165, 1.54) is 12.2 Å². The maximum atomic E-state index is 11.5. The number of hydrogen-bond acceptors (Lipinski definition) is 3. The van der Waals surface area contributed by atoms with Crippen LogP contribution in [0.15, 0.2) is 36.4 Å². The molecule has 5 nitrogen and oxygen atoms in total. The third-order valence-corrected chi connectivity index (χ3v) is 2.83. The second-order valence-electron chi connectivity index (χ2n) is 4.26. The van der Waals surface area contributed by atoms with E-state index in [-0.39, 0.29) is 18.2 Å². The molecular formula is C14H13NO4. The standard InChI is InChI=1S/C14H13NO4/c16-12-7-8-13(17)15(12)11-5-1-3-10(9-11)4-2-6-14(18)19/h1,3,5,7-9H,2,4,6H2,(H,18,19). The van der Waals surface area contributed by atoms with Gasteiger partial charge in [-0.05, 0) is 30.5 Å². The molecule has 0 saturated carbocycles. The number of carboxylic acid groups (broad SMARTS) is 1. The topological polar surface area (TPSA) is 74.7 Å². The third kappa shape index (κ3) is 3.07. The lowest BCUT2D eigenvalue weighted by Crippen LogP contribution is -2.29. The molecule has 5 heteroatoms. The lowest BCUT2D eigenvalue weighted by atomic mass is 10.1. The first-order valence-corrected chi connectivity index (χ1v) is 5.95. The number of aliphatic carboxylic acids is 1. The minimum Gasteiger partial charge on any atom is -0.481 e. The molecule has 0 radical (unpaired) electrons. The highest BCUT2D eigenvalue weighted by Crippen LogP contribution is 2.21. The first kappa shape index (κ1) is 13.0. The van der Waals surface area contributed by atoms with Crippen molar-refractivity contribution < 1.29 is 19.5 Å². The fraction of sp³-hybridized carbons (Fsp3) is 0.214. The summed E-state index contributed by atoms with van der Waals surface area (Å²) in [5.74, 6) is -1.54. The molecule has 0 atom stereocenters. The summed E-state index contributed by atoms with van der Waals surface area (Å²) in [5, 5.41) is 8.58. The summed E-state index contributed by atoms with van der Waals surface area (Å²) < 4.78 is 0. The van der Waals surface area contributed by atoms with Crippen LogP contribution in [0.4, 0.5) is 5.69 Å². The number of rotatable bonds is 5. The maximum absolute atomic E-state index is 11.5. The van der Waals surface area contributed by atoms with Crippen LogP contribution in [0.1, 0.15) is 18.4 Å². The molecule has 1 aliphatic heterocycles. The molecule has 1 aromatic carbocycles. The highest BCUT2D eigenvalue weighted by molar-refractivity contribution is 6.28. The van der Waals surface area contributed by atoms with Crippen LogP contribution in [0.3, 0.4) is 0 Å². The highest BCUT2D eigenvalue weighted by atomic mass is 16.4. The zero-order valence-corrected chi connectivity index (χ0v) is 10.2. The smallest absolute Gasteiger partial charge is 0.303 e. The Morgan fingerprint density at radius 2 is 1.84 bits per heavy atom. The Kier molecular flexibility index (Phi) is 3.75. The fourth-order valence-corrected chi connectivity index (χ4v) is 1.95. The Morgan fingerprint density at radius 3 is 2.47 bits per heavy atom. The summed E-state index contributed by atoms with van der Waals surface area (Å²) in [5.41, 5.74) is 1.43. The Morgan fingerprint density at radius 1 is 1.16 bits per heavy atom. The summed E-state index contributed by atoms with van der Waals surface area (Å²) in [6, 6.07) is 7.03. The van der Waals surface area contributed by atoms with Gasteiger partial charge in [-0.15, -0.1) is 0 Å². The lowest BCUT2D eigenvalue weighted by Gasteiger charge is -2.14. The third-order valence-electron chi connectivity index (χ3n) is 2.83. The van der Waals surface area contributed by atoms with Crippen molar-refractivity contribution in [2.75, 3.05) is 4.90 Å². The Labute approximate surface area is 110 Å². The molecule has 1 aliphatic rings. The SMILES string of the molecule is O=C(O)CCCc1cccc(N2C(=O)C=CC2=O)c1. The second-order valence-corrected chi connectivity index (χ2v) is 4.26. The van der Waals surface area contributed by atoms with Gasteiger partial charge < -0.3 is 5.11 Å². The number of anilines is 1. The molecule has 1 N–H and O–H groups in total. The van der Waals surface area contributed by atoms with Crippen LogP contribution in [0, 0.1) is 0 Å². The van der Waals surface area contributed by atoms with Gasteiger partial charge in [0.25, 0.3) is 11.8 Å². The van der Waals surface area contributed by atoms with E-state index < -0.39 is 5.97 Å². The van der Waals surface area contributed by atoms with Gasteiger partial charge in [-0.25, -0.2) is 4.90 Å². The molecule has 1 aromatic rings. The van der Waals surface area contributed by atoms with Crippen molar-refractivity contribution in [3.63, 3.8) is 0 Å². The van der Waals surface area contributed by atoms with E-state index >= 15 is 0 Å². The van der Waals surface area contributed by atoms with E-state index in [1.54, 1.807) is 18.2 Å². The lowest BCUT2D eigenvalue weighted by molar-refractivity contribution is -0.137. The van der Waals surface area contributed by atoms with Gasteiger partial charge in [0.15, 0.2) is 0 Å². The number of nitrogens with zero attached hydrogens (tertiary/aromatic N) is 1. The predicted molar refractivity (Wildman–Crippen MR) is 68.6 cm³/mol. The van der Waals surface area contributed by atoms with E-state index in [0.29, 0.717) is 18.5 Å². The van der Waals surface area contributed by atoms with Gasteiger partial charge in [-0.2, -0.15) is 0 Å². The number of imide groups is 1. The maximum Gasteiger partial charge on any atom is 0.303 e. The Balaban J connectivity index is 2.09. The summed E-state index contributed by atoms with van der Waals surface area (Å²) in [7, 11) is 0. The van der Waals surface area contributed by atoms with Crippen molar-refractivity contribution in [2.24, 2.45) is 0 Å². The minimum absolute atomic E-state index is 0.105. The zero-order chi connectivity index (χ0) is 13.8. The summed E-state index contributed by atoms with van der Waals surface area (Å²) in [6.45, 7) is 0. The van der Waals surface area contributed by atoms with Crippen LogP contribution in [-0.4, -0.2) is 22.9 Å². The van der Waals surface area contributed by atoms with Crippen molar-refractivity contribution in [1.29, 1.82) is 0 Å². The van der Waals surface area contributed by atoms with Gasteiger partial charge in [0.1, 0.15) is 0 Å². The summed E-state index contributed by atoms with van der Waals surface area (Å²) in [4.78, 5) is 34.6. The number of amides is 2. The molecule has 19 heavy (non-hydrogen) atoms. The van der Waals surface area contributed by atoms with Crippen LogP contribution in [0.2, 0.25) is 0 Å². The number of aryl methyl sites for hydroxylation is 1. The van der Waals surface area contributed by atoms with Crippen molar-refractivity contribution in [3.8, 4) is 0 Å². The number of hydrogen-bond donors (Lipinski definition) is 1. The van der Waals surface area contributed by atoms with E-state index in [4.69, 9.17) is 5.11 Å². The van der Waals surface area contributed by atoms with Crippen molar-refractivity contribution in [3.05, 3.63) is 42.0 Å². The molecule has 98 valence electrons. The average Bonchev–Trinajstić information content (AvgIpc) is 2.69. The van der Waals surface area contributed by atoms with Gasteiger partial charge in [0.05, 0.1) is 5.69 Å². The van der Waals surface area contributed by atoms with Gasteiger partial charge in [-0.1, -0.05) is 12.1 Å². The molecular weight excluding hydrogens is 246 g/mol. The van der Waals surface area contributed by atoms with Crippen LogP contribution >= 0.6 is 0 Å². The first-order valence-electron chi connectivity index (χ1n) is 5.95. The number of carboxylic acids is 1. The second kappa shape index (κ2) is 5.48. The highest BCUT2D eigenvalue weighted by Gasteiger charge is 2.24. The van der Waals surface area contributed by atoms with E-state index in [0.717, 1.165) is 10.5 Å². The van der Waals surface area contributed by atoms with Crippen LogP contribution in [0.25, 0.3) is 0 Å². The number of benzene rings is 1. The minimum atomic E-state index is -0.828. The van der Waals surface area contributed by atoms with Crippen LogP contribution in [0.5, 0.6) is 0 Å². The van der Waals surface area contributed by atoms with Gasteiger partial charge >= 0.3 is 5.97 Å². The molecule has 0 fully saturated rings. The molecule has 0 saturated heterocycles. The van der Waals surface area contributed by atoms with E-state index in [2.05, 4.69) is 0 Å². The Bertz CT molecular complexity index is 544. The first-order chi connectivity index (χ1) is 9.08. The molecule has 0 unspecified atom stereocenters. The molecule has 0 aromatic heterocycles. The predicted octanol–water partition coefficient (Wildman–Crippen LogP) is 1.52. The largest absolute Gasteiger partial charge is 0.481 e. The van der Waals surface area contributed by atoms with Gasteiger partial charge in [-0.3, -0.25) is 14.4 Å². The number of carbonyl (C=O) groups excluding carboxylic acids is 2. The normalized spacial score (nSPS) is 14.2.